The summed E-state index contributed by atoms with van der Waals surface area (Å²) in [5.74, 6) is -0.951. The van der Waals surface area contributed by atoms with Crippen LogP contribution in [0.25, 0.3) is 0 Å². The molecule has 0 saturated heterocycles. The molecule has 1 aromatic rings. The quantitative estimate of drug-likeness (QED) is 0.727. The van der Waals surface area contributed by atoms with Crippen molar-refractivity contribution < 1.29 is 27.1 Å². The molecule has 0 aliphatic heterocycles. The molecular formula is C7H4F5NO. The highest BCUT2D eigenvalue weighted by atomic mass is 19.4. The predicted octanol–water partition coefficient (Wildman–Crippen LogP) is 2.74. The Kier molecular flexibility index (Phi) is 2.59. The number of alkyl halides is 5. The first kappa shape index (κ1) is 10.7. The molecule has 1 heterocycles. The third-order valence-corrected chi connectivity index (χ3v) is 1.40. The maximum Gasteiger partial charge on any atom is 0.433 e. The van der Waals surface area contributed by atoms with Gasteiger partial charge in [-0.25, -0.2) is 13.8 Å². The smallest absolute Gasteiger partial charge is 0.433 e. The van der Waals surface area contributed by atoms with Gasteiger partial charge >= 0.3 is 6.18 Å². The monoisotopic (exact) mass is 213 g/mol. The number of nitrogens with zero attached hydrogens (tertiary/aromatic N) is 1. The zero-order valence-corrected chi connectivity index (χ0v) is 6.52. The van der Waals surface area contributed by atoms with Crippen LogP contribution in [0.1, 0.15) is 17.8 Å². The van der Waals surface area contributed by atoms with Gasteiger partial charge in [0.15, 0.2) is 0 Å². The minimum absolute atomic E-state index is 0.432. The van der Waals surface area contributed by atoms with Gasteiger partial charge in [0.1, 0.15) is 17.1 Å². The molecule has 1 rings (SSSR count). The molecule has 0 aliphatic carbocycles. The summed E-state index contributed by atoms with van der Waals surface area (Å²) >= 11 is 0. The van der Waals surface area contributed by atoms with E-state index in [1.165, 1.54) is 0 Å². The highest BCUT2D eigenvalue weighted by Crippen LogP contribution is 2.32. The van der Waals surface area contributed by atoms with E-state index in [2.05, 4.69) is 4.98 Å². The van der Waals surface area contributed by atoms with E-state index in [0.29, 0.717) is 12.1 Å². The van der Waals surface area contributed by atoms with Crippen molar-refractivity contribution in [2.75, 3.05) is 0 Å². The summed E-state index contributed by atoms with van der Waals surface area (Å²) in [6.07, 6.45) is -8.03. The molecule has 0 saturated carbocycles. The Morgan fingerprint density at radius 1 is 1.21 bits per heavy atom. The summed E-state index contributed by atoms with van der Waals surface area (Å²) in [7, 11) is 0. The first-order valence-electron chi connectivity index (χ1n) is 3.37. The molecule has 0 aliphatic rings. The first-order valence-corrected chi connectivity index (χ1v) is 3.37. The highest BCUT2D eigenvalue weighted by Gasteiger charge is 2.33. The molecular weight excluding hydrogens is 209 g/mol. The van der Waals surface area contributed by atoms with Crippen LogP contribution < -0.4 is 0 Å². The van der Waals surface area contributed by atoms with Crippen LogP contribution in [0.2, 0.25) is 0 Å². The predicted molar refractivity (Wildman–Crippen MR) is 35.9 cm³/mol. The van der Waals surface area contributed by atoms with Gasteiger partial charge in [-0.2, -0.15) is 13.2 Å². The Morgan fingerprint density at radius 3 is 2.21 bits per heavy atom. The maximum atomic E-state index is 12.0. The summed E-state index contributed by atoms with van der Waals surface area (Å²) in [4.78, 5) is 2.62. The van der Waals surface area contributed by atoms with E-state index in [0.717, 1.165) is 0 Å². The Bertz CT molecular complexity index is 335. The van der Waals surface area contributed by atoms with Gasteiger partial charge < -0.3 is 5.11 Å². The molecule has 0 atom stereocenters. The fourth-order valence-corrected chi connectivity index (χ4v) is 0.786. The van der Waals surface area contributed by atoms with Crippen molar-refractivity contribution in [2.24, 2.45) is 0 Å². The van der Waals surface area contributed by atoms with Gasteiger partial charge in [0.2, 0.25) is 0 Å². The number of aromatic nitrogens is 1. The minimum Gasteiger partial charge on any atom is -0.506 e. The normalized spacial score (nSPS) is 12.1. The first-order chi connectivity index (χ1) is 6.32. The van der Waals surface area contributed by atoms with Gasteiger partial charge in [-0.1, -0.05) is 0 Å². The number of halogens is 5. The van der Waals surface area contributed by atoms with Crippen LogP contribution in [-0.2, 0) is 6.18 Å². The topological polar surface area (TPSA) is 33.1 Å². The van der Waals surface area contributed by atoms with Crippen LogP contribution in [0.3, 0.4) is 0 Å². The Morgan fingerprint density at radius 2 is 1.79 bits per heavy atom. The van der Waals surface area contributed by atoms with Crippen LogP contribution >= 0.6 is 0 Å². The number of hydrogen-bond acceptors (Lipinski definition) is 2. The van der Waals surface area contributed by atoms with Crippen LogP contribution in [-0.4, -0.2) is 10.1 Å². The van der Waals surface area contributed by atoms with Crippen LogP contribution in [0.4, 0.5) is 22.0 Å². The molecule has 0 spiro atoms. The van der Waals surface area contributed by atoms with Gasteiger partial charge in [0.25, 0.3) is 6.43 Å². The number of rotatable bonds is 1. The second-order valence-electron chi connectivity index (χ2n) is 2.40. The van der Waals surface area contributed by atoms with Gasteiger partial charge in [-0.15, -0.1) is 0 Å². The van der Waals surface area contributed by atoms with Gasteiger partial charge in [0.05, 0.1) is 0 Å². The zero-order chi connectivity index (χ0) is 10.9. The molecule has 14 heavy (non-hydrogen) atoms. The van der Waals surface area contributed by atoms with Gasteiger partial charge in [-0.3, -0.25) is 0 Å². The third-order valence-electron chi connectivity index (χ3n) is 1.40. The van der Waals surface area contributed by atoms with E-state index in [1.807, 2.05) is 0 Å². The molecule has 0 fully saturated rings. The molecule has 78 valence electrons. The third kappa shape index (κ3) is 2.09. The van der Waals surface area contributed by atoms with E-state index < -0.39 is 29.7 Å². The van der Waals surface area contributed by atoms with Crippen molar-refractivity contribution in [1.82, 2.24) is 4.98 Å². The van der Waals surface area contributed by atoms with Crippen LogP contribution in [0, 0.1) is 0 Å². The largest absolute Gasteiger partial charge is 0.506 e. The molecule has 2 nitrogen and oxygen atoms in total. The van der Waals surface area contributed by atoms with E-state index in [1.54, 1.807) is 0 Å². The van der Waals surface area contributed by atoms with Crippen molar-refractivity contribution >= 4 is 0 Å². The number of pyridine rings is 1. The summed E-state index contributed by atoms with van der Waals surface area (Å²) in [5, 5.41) is 8.76. The number of hydrogen-bond donors (Lipinski definition) is 1. The van der Waals surface area contributed by atoms with Gasteiger partial charge in [-0.05, 0) is 12.1 Å². The standard InChI is InChI=1S/C7H4F5NO/c8-6(9)5-3(14)1-2-4(13-5)7(10,11)12/h1-2,6,14H. The molecule has 0 unspecified atom stereocenters. The SMILES string of the molecule is Oc1ccc(C(F)(F)F)nc1C(F)F. The summed E-state index contributed by atoms with van der Waals surface area (Å²) in [5.41, 5.74) is -2.72. The van der Waals surface area contributed by atoms with Crippen molar-refractivity contribution in [3.63, 3.8) is 0 Å². The van der Waals surface area contributed by atoms with Crippen molar-refractivity contribution in [2.45, 2.75) is 12.6 Å². The fourth-order valence-electron chi connectivity index (χ4n) is 0.786. The highest BCUT2D eigenvalue weighted by molar-refractivity contribution is 5.29. The molecule has 0 bridgehead atoms. The van der Waals surface area contributed by atoms with Crippen molar-refractivity contribution in [1.29, 1.82) is 0 Å². The molecule has 0 radical (unpaired) electrons. The summed E-state index contributed by atoms with van der Waals surface area (Å²) in [6, 6.07) is 0.971. The Hall–Kier alpha value is -1.40. The molecule has 0 amide bonds. The summed E-state index contributed by atoms with van der Waals surface area (Å²) in [6.45, 7) is 0. The second kappa shape index (κ2) is 3.39. The summed E-state index contributed by atoms with van der Waals surface area (Å²) < 4.78 is 59.9. The zero-order valence-electron chi connectivity index (χ0n) is 6.52. The van der Waals surface area contributed by atoms with Crippen molar-refractivity contribution in [3.05, 3.63) is 23.5 Å². The Labute approximate surface area is 75.0 Å². The van der Waals surface area contributed by atoms with E-state index >= 15 is 0 Å². The van der Waals surface area contributed by atoms with Crippen LogP contribution in [0.5, 0.6) is 5.75 Å². The lowest BCUT2D eigenvalue weighted by molar-refractivity contribution is -0.141. The Balaban J connectivity index is 3.20. The average Bonchev–Trinajstić information content (AvgIpc) is 2.02. The van der Waals surface area contributed by atoms with Gasteiger partial charge in [0, 0.05) is 0 Å². The average molecular weight is 213 g/mol. The minimum atomic E-state index is -4.79. The lowest BCUT2D eigenvalue weighted by atomic mass is 10.2. The number of aromatic hydroxyl groups is 1. The molecule has 1 aromatic heterocycles. The van der Waals surface area contributed by atoms with E-state index in [-0.39, 0.29) is 0 Å². The van der Waals surface area contributed by atoms with Crippen LogP contribution in [0.15, 0.2) is 12.1 Å². The molecule has 1 N–H and O–H groups in total. The lowest BCUT2D eigenvalue weighted by Gasteiger charge is -2.08. The van der Waals surface area contributed by atoms with E-state index in [9.17, 15) is 22.0 Å². The van der Waals surface area contributed by atoms with Crippen molar-refractivity contribution in [3.8, 4) is 5.75 Å². The maximum absolute atomic E-state index is 12.0. The fraction of sp³-hybridized carbons (Fsp3) is 0.286. The molecule has 7 heteroatoms. The second-order valence-corrected chi connectivity index (χ2v) is 2.40. The van der Waals surface area contributed by atoms with E-state index in [4.69, 9.17) is 5.11 Å². The molecule has 0 aromatic carbocycles. The lowest BCUT2D eigenvalue weighted by Crippen LogP contribution is -2.09.